The predicted molar refractivity (Wildman–Crippen MR) is 85.0 cm³/mol. The van der Waals surface area contributed by atoms with Gasteiger partial charge in [0.2, 0.25) is 0 Å². The third kappa shape index (κ3) is 3.05. The molecule has 0 saturated carbocycles. The Balaban J connectivity index is 1.44. The number of hydrogen-bond acceptors (Lipinski definition) is 4. The van der Waals surface area contributed by atoms with Crippen LogP contribution in [0.1, 0.15) is 24.2 Å². The number of aromatic amines is 1. The fraction of sp³-hybridized carbons (Fsp3) is 0.529. The number of imidazole rings is 1. The zero-order valence-electron chi connectivity index (χ0n) is 12.9. The second-order valence-electron chi connectivity index (χ2n) is 6.62. The lowest BCUT2D eigenvalue weighted by atomic mass is 9.95. The quantitative estimate of drug-likeness (QED) is 0.936. The number of pyridine rings is 1. The monoisotopic (exact) mass is 297 g/mol. The number of hydrogen-bond donors (Lipinski definition) is 1. The smallest absolute Gasteiger partial charge is 0.120 e. The number of nitrogens with zero attached hydrogens (tertiary/aromatic N) is 4. The standard InChI is InChI=1S/C17H23N5/c1-2-14(8-18-5-1)9-21-10-15-3-4-16(12-21)22(11-15)13-17-19-6-7-20-17/h1-2,5-8,15-16H,3-4,9-13H2,(H,19,20)/t15-,16+/m1/s1. The van der Waals surface area contributed by atoms with E-state index >= 15 is 0 Å². The van der Waals surface area contributed by atoms with Crippen molar-refractivity contribution in [1.82, 2.24) is 24.8 Å². The summed E-state index contributed by atoms with van der Waals surface area (Å²) in [6.07, 6.45) is 10.3. The molecule has 2 atom stereocenters. The van der Waals surface area contributed by atoms with E-state index in [0.29, 0.717) is 6.04 Å². The molecule has 0 spiro atoms. The maximum absolute atomic E-state index is 4.39. The Hall–Kier alpha value is -1.72. The van der Waals surface area contributed by atoms with Crippen molar-refractivity contribution in [2.45, 2.75) is 32.0 Å². The predicted octanol–water partition coefficient (Wildman–Crippen LogP) is 1.90. The maximum Gasteiger partial charge on any atom is 0.120 e. The van der Waals surface area contributed by atoms with E-state index in [0.717, 1.165) is 31.4 Å². The van der Waals surface area contributed by atoms with Crippen molar-refractivity contribution in [2.24, 2.45) is 5.92 Å². The molecule has 5 heterocycles. The molecule has 2 aromatic heterocycles. The third-order valence-corrected chi connectivity index (χ3v) is 4.94. The average molecular weight is 297 g/mol. The number of piperidine rings is 1. The largest absolute Gasteiger partial charge is 0.348 e. The Bertz CT molecular complexity index is 582. The van der Waals surface area contributed by atoms with Gasteiger partial charge in [-0.15, -0.1) is 0 Å². The lowest BCUT2D eigenvalue weighted by Gasteiger charge is -2.35. The maximum atomic E-state index is 4.39. The molecule has 2 aromatic rings. The number of nitrogens with one attached hydrogen (secondary N) is 1. The van der Waals surface area contributed by atoms with Crippen LogP contribution in [0.3, 0.4) is 0 Å². The van der Waals surface area contributed by atoms with Crippen LogP contribution in [0.2, 0.25) is 0 Å². The van der Waals surface area contributed by atoms with E-state index < -0.39 is 0 Å². The first-order valence-corrected chi connectivity index (χ1v) is 8.20. The number of rotatable bonds is 4. The topological polar surface area (TPSA) is 48.1 Å². The van der Waals surface area contributed by atoms with Crippen LogP contribution in [0.5, 0.6) is 0 Å². The van der Waals surface area contributed by atoms with Crippen molar-refractivity contribution in [2.75, 3.05) is 19.6 Å². The summed E-state index contributed by atoms with van der Waals surface area (Å²) < 4.78 is 0. The molecule has 3 fully saturated rings. The number of H-pyrrole nitrogens is 1. The van der Waals surface area contributed by atoms with E-state index in [2.05, 4.69) is 30.8 Å². The van der Waals surface area contributed by atoms with Gasteiger partial charge >= 0.3 is 0 Å². The van der Waals surface area contributed by atoms with Gasteiger partial charge in [-0.1, -0.05) is 6.07 Å². The number of aromatic nitrogens is 3. The van der Waals surface area contributed by atoms with Crippen LogP contribution in [-0.2, 0) is 13.1 Å². The molecule has 3 aliphatic heterocycles. The lowest BCUT2D eigenvalue weighted by molar-refractivity contribution is 0.120. The average Bonchev–Trinajstić information content (AvgIpc) is 2.89. The minimum absolute atomic E-state index is 0.653. The van der Waals surface area contributed by atoms with Gasteiger partial charge in [-0.25, -0.2) is 4.98 Å². The Morgan fingerprint density at radius 1 is 1.14 bits per heavy atom. The molecule has 116 valence electrons. The van der Waals surface area contributed by atoms with Crippen LogP contribution in [0.25, 0.3) is 0 Å². The third-order valence-electron chi connectivity index (χ3n) is 4.94. The first kappa shape index (κ1) is 13.9. The minimum Gasteiger partial charge on any atom is -0.348 e. The molecule has 0 aromatic carbocycles. The first-order chi connectivity index (χ1) is 10.9. The van der Waals surface area contributed by atoms with E-state index in [-0.39, 0.29) is 0 Å². The molecule has 0 radical (unpaired) electrons. The molecular formula is C17H23N5. The van der Waals surface area contributed by atoms with Crippen LogP contribution in [0.15, 0.2) is 36.9 Å². The van der Waals surface area contributed by atoms with Gasteiger partial charge in [0.25, 0.3) is 0 Å². The molecule has 3 saturated heterocycles. The highest BCUT2D eigenvalue weighted by Gasteiger charge is 2.34. The fourth-order valence-corrected chi connectivity index (χ4v) is 3.93. The highest BCUT2D eigenvalue weighted by Crippen LogP contribution is 2.29. The molecular weight excluding hydrogens is 274 g/mol. The normalized spacial score (nSPS) is 26.2. The van der Waals surface area contributed by atoms with Gasteiger partial charge in [0, 0.05) is 57.0 Å². The summed E-state index contributed by atoms with van der Waals surface area (Å²) in [5.74, 6) is 1.87. The summed E-state index contributed by atoms with van der Waals surface area (Å²) in [7, 11) is 0. The molecule has 5 heteroatoms. The van der Waals surface area contributed by atoms with Gasteiger partial charge < -0.3 is 4.98 Å². The Labute approximate surface area is 131 Å². The van der Waals surface area contributed by atoms with Gasteiger partial charge in [-0.2, -0.15) is 0 Å². The van der Waals surface area contributed by atoms with E-state index in [1.165, 1.54) is 31.5 Å². The molecule has 22 heavy (non-hydrogen) atoms. The van der Waals surface area contributed by atoms with Crippen molar-refractivity contribution in [3.8, 4) is 0 Å². The Morgan fingerprint density at radius 3 is 2.95 bits per heavy atom. The summed E-state index contributed by atoms with van der Waals surface area (Å²) >= 11 is 0. The lowest BCUT2D eigenvalue weighted by Crippen LogP contribution is -2.43. The minimum atomic E-state index is 0.653. The fourth-order valence-electron chi connectivity index (χ4n) is 3.93. The Kier molecular flexibility index (Phi) is 3.91. The van der Waals surface area contributed by atoms with Gasteiger partial charge in [0.15, 0.2) is 0 Å². The molecule has 0 unspecified atom stereocenters. The molecule has 3 aliphatic rings. The van der Waals surface area contributed by atoms with Gasteiger partial charge in [0.1, 0.15) is 5.82 Å². The van der Waals surface area contributed by atoms with E-state index in [1.54, 1.807) is 0 Å². The van der Waals surface area contributed by atoms with Crippen LogP contribution >= 0.6 is 0 Å². The molecule has 1 N–H and O–H groups in total. The summed E-state index contributed by atoms with van der Waals surface area (Å²) in [6, 6.07) is 4.87. The van der Waals surface area contributed by atoms with E-state index in [4.69, 9.17) is 0 Å². The molecule has 0 aliphatic carbocycles. The summed E-state index contributed by atoms with van der Waals surface area (Å²) in [6.45, 7) is 5.55. The van der Waals surface area contributed by atoms with Crippen molar-refractivity contribution < 1.29 is 0 Å². The van der Waals surface area contributed by atoms with Crippen LogP contribution in [-0.4, -0.2) is 50.4 Å². The molecule has 2 bridgehead atoms. The summed E-state index contributed by atoms with van der Waals surface area (Å²) in [4.78, 5) is 17.1. The highest BCUT2D eigenvalue weighted by molar-refractivity contribution is 5.08. The molecule has 5 nitrogen and oxygen atoms in total. The van der Waals surface area contributed by atoms with Gasteiger partial charge in [-0.3, -0.25) is 14.8 Å². The van der Waals surface area contributed by atoms with Crippen LogP contribution in [0.4, 0.5) is 0 Å². The first-order valence-electron chi connectivity index (χ1n) is 8.20. The summed E-state index contributed by atoms with van der Waals surface area (Å²) in [5.41, 5.74) is 1.32. The van der Waals surface area contributed by atoms with E-state index in [9.17, 15) is 0 Å². The van der Waals surface area contributed by atoms with Crippen LogP contribution in [0, 0.1) is 5.92 Å². The second-order valence-corrected chi connectivity index (χ2v) is 6.62. The van der Waals surface area contributed by atoms with Crippen molar-refractivity contribution >= 4 is 0 Å². The van der Waals surface area contributed by atoms with Crippen molar-refractivity contribution in [1.29, 1.82) is 0 Å². The summed E-state index contributed by atoms with van der Waals surface area (Å²) in [5, 5.41) is 0. The second kappa shape index (κ2) is 6.18. The van der Waals surface area contributed by atoms with Gasteiger partial charge in [0.05, 0.1) is 6.54 Å². The zero-order valence-corrected chi connectivity index (χ0v) is 12.9. The van der Waals surface area contributed by atoms with Crippen molar-refractivity contribution in [3.63, 3.8) is 0 Å². The molecule has 5 rings (SSSR count). The van der Waals surface area contributed by atoms with Crippen molar-refractivity contribution in [3.05, 3.63) is 48.3 Å². The van der Waals surface area contributed by atoms with E-state index in [1.807, 2.05) is 30.9 Å². The number of fused-ring (bicyclic) bond motifs is 4. The highest BCUT2D eigenvalue weighted by atomic mass is 15.3. The SMILES string of the molecule is c1cncc(CN2C[C@H]3CC[C@@H](C2)N(Cc2ncc[nH]2)C3)c1. The van der Waals surface area contributed by atoms with Crippen LogP contribution < -0.4 is 0 Å². The zero-order chi connectivity index (χ0) is 14.8. The molecule has 0 amide bonds. The van der Waals surface area contributed by atoms with Gasteiger partial charge in [-0.05, 0) is 30.4 Å². The Morgan fingerprint density at radius 2 is 2.14 bits per heavy atom.